The van der Waals surface area contributed by atoms with Gasteiger partial charge < -0.3 is 15.2 Å². The fraction of sp³-hybridized carbons (Fsp3) is 0.667. The van der Waals surface area contributed by atoms with Crippen LogP contribution in [0.1, 0.15) is 42.3 Å². The topological polar surface area (TPSA) is 47.7 Å². The lowest BCUT2D eigenvalue weighted by molar-refractivity contribution is 0.0853. The molecule has 0 spiro atoms. The molecule has 2 atom stereocenters. The number of nitrogens with zero attached hydrogens (tertiary/aromatic N) is 1. The Morgan fingerprint density at radius 2 is 2.09 bits per heavy atom. The molecule has 0 amide bonds. The summed E-state index contributed by atoms with van der Waals surface area (Å²) in [4.78, 5) is 2.42. The number of methoxy groups -OCH3 is 1. The van der Waals surface area contributed by atoms with E-state index in [9.17, 15) is 0 Å². The maximum absolute atomic E-state index is 5.88. The number of benzene rings is 1. The van der Waals surface area contributed by atoms with Crippen molar-refractivity contribution in [3.8, 4) is 5.75 Å². The Morgan fingerprint density at radius 1 is 1.32 bits per heavy atom. The van der Waals surface area contributed by atoms with E-state index in [4.69, 9.17) is 15.2 Å². The number of likely N-dealkylation sites (tertiary alicyclic amines) is 1. The summed E-state index contributed by atoms with van der Waals surface area (Å²) >= 11 is 0. The van der Waals surface area contributed by atoms with E-state index < -0.39 is 0 Å². The van der Waals surface area contributed by atoms with E-state index in [0.29, 0.717) is 17.9 Å². The van der Waals surface area contributed by atoms with Crippen molar-refractivity contribution in [1.29, 1.82) is 0 Å². The molecule has 0 aliphatic carbocycles. The molecule has 1 aromatic carbocycles. The Morgan fingerprint density at radius 3 is 2.73 bits per heavy atom. The second-order valence-corrected chi connectivity index (χ2v) is 6.68. The van der Waals surface area contributed by atoms with Crippen LogP contribution in [0.5, 0.6) is 5.75 Å². The number of ether oxygens (including phenoxy) is 2. The standard InChI is InChI=1S/C18H28N2O2/c1-20-12-13(11-19)9-17(20)16-10-15(3-4-18(16)21-2)14-5-7-22-8-6-14/h3-4,10,13-14,17H,5-9,11-12,19H2,1-2H3. The fourth-order valence-electron chi connectivity index (χ4n) is 3.94. The van der Waals surface area contributed by atoms with Gasteiger partial charge in [0.1, 0.15) is 5.75 Å². The van der Waals surface area contributed by atoms with Crippen molar-refractivity contribution in [1.82, 2.24) is 4.90 Å². The number of nitrogens with two attached hydrogens (primary N) is 1. The summed E-state index contributed by atoms with van der Waals surface area (Å²) in [6.07, 6.45) is 3.37. The first-order chi connectivity index (χ1) is 10.7. The zero-order chi connectivity index (χ0) is 15.5. The van der Waals surface area contributed by atoms with Gasteiger partial charge in [-0.15, -0.1) is 0 Å². The fourth-order valence-corrected chi connectivity index (χ4v) is 3.94. The zero-order valence-electron chi connectivity index (χ0n) is 13.8. The second-order valence-electron chi connectivity index (χ2n) is 6.68. The van der Waals surface area contributed by atoms with Gasteiger partial charge in [0.25, 0.3) is 0 Å². The van der Waals surface area contributed by atoms with Gasteiger partial charge in [-0.3, -0.25) is 4.90 Å². The molecule has 2 saturated heterocycles. The molecule has 2 unspecified atom stereocenters. The molecule has 0 radical (unpaired) electrons. The van der Waals surface area contributed by atoms with Crippen LogP contribution in [0.4, 0.5) is 0 Å². The van der Waals surface area contributed by atoms with Crippen LogP contribution in [0, 0.1) is 5.92 Å². The highest BCUT2D eigenvalue weighted by Crippen LogP contribution is 2.40. The van der Waals surface area contributed by atoms with Gasteiger partial charge in [0.2, 0.25) is 0 Å². The molecule has 3 rings (SSSR count). The summed E-state index contributed by atoms with van der Waals surface area (Å²) in [7, 11) is 3.96. The van der Waals surface area contributed by atoms with Gasteiger partial charge in [0, 0.05) is 31.4 Å². The molecule has 2 N–H and O–H groups in total. The summed E-state index contributed by atoms with van der Waals surface area (Å²) in [5.41, 5.74) is 8.64. The van der Waals surface area contributed by atoms with Crippen LogP contribution in [-0.2, 0) is 4.74 Å². The summed E-state index contributed by atoms with van der Waals surface area (Å²) in [6, 6.07) is 7.16. The lowest BCUT2D eigenvalue weighted by Gasteiger charge is -2.26. The van der Waals surface area contributed by atoms with Crippen LogP contribution in [-0.4, -0.2) is 45.4 Å². The SMILES string of the molecule is COc1ccc(C2CCOCC2)cc1C1CC(CN)CN1C. The molecule has 2 aliphatic heterocycles. The number of hydrogen-bond donors (Lipinski definition) is 1. The van der Waals surface area contributed by atoms with E-state index in [1.54, 1.807) is 7.11 Å². The Kier molecular flexibility index (Phi) is 5.01. The van der Waals surface area contributed by atoms with Gasteiger partial charge in [-0.25, -0.2) is 0 Å². The highest BCUT2D eigenvalue weighted by atomic mass is 16.5. The van der Waals surface area contributed by atoms with Gasteiger partial charge in [-0.2, -0.15) is 0 Å². The minimum atomic E-state index is 0.420. The third-order valence-electron chi connectivity index (χ3n) is 5.27. The van der Waals surface area contributed by atoms with Crippen molar-refractivity contribution in [2.24, 2.45) is 11.7 Å². The normalized spacial score (nSPS) is 27.2. The molecule has 2 heterocycles. The summed E-state index contributed by atoms with van der Waals surface area (Å²) in [6.45, 7) is 3.60. The summed E-state index contributed by atoms with van der Waals surface area (Å²) in [5, 5.41) is 0. The minimum Gasteiger partial charge on any atom is -0.496 e. The highest BCUT2D eigenvalue weighted by molar-refractivity contribution is 5.41. The van der Waals surface area contributed by atoms with Crippen molar-refractivity contribution >= 4 is 0 Å². The molecule has 4 heteroatoms. The van der Waals surface area contributed by atoms with Crippen LogP contribution in [0.3, 0.4) is 0 Å². The molecular weight excluding hydrogens is 276 g/mol. The first kappa shape index (κ1) is 15.8. The van der Waals surface area contributed by atoms with Crippen molar-refractivity contribution < 1.29 is 9.47 Å². The predicted molar refractivity (Wildman–Crippen MR) is 88.3 cm³/mol. The van der Waals surface area contributed by atoms with Gasteiger partial charge in [0.05, 0.1) is 7.11 Å². The first-order valence-corrected chi connectivity index (χ1v) is 8.38. The van der Waals surface area contributed by atoms with E-state index in [1.807, 2.05) is 0 Å². The molecule has 2 fully saturated rings. The van der Waals surface area contributed by atoms with E-state index in [1.165, 1.54) is 11.1 Å². The number of rotatable bonds is 4. The Hall–Kier alpha value is -1.10. The molecule has 0 aromatic heterocycles. The van der Waals surface area contributed by atoms with Crippen molar-refractivity contribution in [3.05, 3.63) is 29.3 Å². The molecule has 4 nitrogen and oxygen atoms in total. The van der Waals surface area contributed by atoms with Crippen molar-refractivity contribution in [2.75, 3.05) is 40.5 Å². The van der Waals surface area contributed by atoms with Gasteiger partial charge in [-0.05, 0) is 56.3 Å². The lowest BCUT2D eigenvalue weighted by atomic mass is 9.88. The largest absolute Gasteiger partial charge is 0.496 e. The second kappa shape index (κ2) is 6.99. The average Bonchev–Trinajstić information content (AvgIpc) is 2.96. The molecule has 22 heavy (non-hydrogen) atoms. The van der Waals surface area contributed by atoms with E-state index in [0.717, 1.165) is 51.3 Å². The molecular formula is C18H28N2O2. The zero-order valence-corrected chi connectivity index (χ0v) is 13.8. The van der Waals surface area contributed by atoms with Gasteiger partial charge in [0.15, 0.2) is 0 Å². The number of hydrogen-bond acceptors (Lipinski definition) is 4. The maximum atomic E-state index is 5.88. The lowest BCUT2D eigenvalue weighted by Crippen LogP contribution is -2.21. The quantitative estimate of drug-likeness (QED) is 0.928. The van der Waals surface area contributed by atoms with Gasteiger partial charge >= 0.3 is 0 Å². The monoisotopic (exact) mass is 304 g/mol. The van der Waals surface area contributed by atoms with Crippen LogP contribution < -0.4 is 10.5 Å². The van der Waals surface area contributed by atoms with Crippen LogP contribution in [0.15, 0.2) is 18.2 Å². The Labute approximate surface area is 133 Å². The van der Waals surface area contributed by atoms with E-state index >= 15 is 0 Å². The first-order valence-electron chi connectivity index (χ1n) is 8.38. The third kappa shape index (κ3) is 3.14. The third-order valence-corrected chi connectivity index (χ3v) is 5.27. The maximum Gasteiger partial charge on any atom is 0.123 e. The van der Waals surface area contributed by atoms with E-state index in [2.05, 4.69) is 30.1 Å². The molecule has 122 valence electrons. The smallest absolute Gasteiger partial charge is 0.123 e. The summed E-state index contributed by atoms with van der Waals surface area (Å²) in [5.74, 6) is 2.21. The van der Waals surface area contributed by atoms with Crippen LogP contribution in [0.2, 0.25) is 0 Å². The highest BCUT2D eigenvalue weighted by Gasteiger charge is 2.32. The minimum absolute atomic E-state index is 0.420. The molecule has 1 aromatic rings. The van der Waals surface area contributed by atoms with Crippen LogP contribution in [0.25, 0.3) is 0 Å². The molecule has 0 bridgehead atoms. The Bertz CT molecular complexity index is 500. The van der Waals surface area contributed by atoms with Crippen LogP contribution >= 0.6 is 0 Å². The van der Waals surface area contributed by atoms with E-state index in [-0.39, 0.29) is 0 Å². The average molecular weight is 304 g/mol. The molecule has 0 saturated carbocycles. The predicted octanol–water partition coefficient (Wildman–Crippen LogP) is 2.54. The van der Waals surface area contributed by atoms with Crippen molar-refractivity contribution in [2.45, 2.75) is 31.2 Å². The summed E-state index contributed by atoms with van der Waals surface area (Å²) < 4.78 is 11.1. The van der Waals surface area contributed by atoms with Crippen molar-refractivity contribution in [3.63, 3.8) is 0 Å². The van der Waals surface area contributed by atoms with Gasteiger partial charge in [-0.1, -0.05) is 12.1 Å². The Balaban J connectivity index is 1.87. The molecule has 2 aliphatic rings.